The van der Waals surface area contributed by atoms with Crippen LogP contribution in [0.25, 0.3) is 10.8 Å². The number of para-hydroxylation sites is 1. The second kappa shape index (κ2) is 10.7. The lowest BCUT2D eigenvalue weighted by molar-refractivity contribution is -0.139. The zero-order valence-electron chi connectivity index (χ0n) is 24.1. The van der Waals surface area contributed by atoms with Crippen LogP contribution in [0.4, 0.5) is 11.4 Å². The number of aliphatic hydroxyl groups is 1. The van der Waals surface area contributed by atoms with Crippen molar-refractivity contribution in [3.05, 3.63) is 97.1 Å². The highest BCUT2D eigenvalue weighted by Crippen LogP contribution is 2.65. The van der Waals surface area contributed by atoms with Crippen molar-refractivity contribution >= 4 is 51.6 Å². The molecule has 7 nitrogen and oxygen atoms in total. The van der Waals surface area contributed by atoms with Crippen molar-refractivity contribution < 1.29 is 19.5 Å². The Kier molecular flexibility index (Phi) is 6.94. The fraction of sp³-hybridized carbons (Fsp3) is 0.343. The van der Waals surface area contributed by atoms with Crippen molar-refractivity contribution in [2.45, 2.75) is 35.3 Å². The monoisotopic (exact) mass is 593 g/mol. The number of hydrogen-bond acceptors (Lipinski definition) is 5. The van der Waals surface area contributed by atoms with Crippen LogP contribution in [0, 0.1) is 11.8 Å². The molecule has 1 spiro atoms. The Morgan fingerprint density at radius 2 is 1.47 bits per heavy atom. The molecule has 1 unspecified atom stereocenters. The van der Waals surface area contributed by atoms with E-state index in [0.717, 1.165) is 22.1 Å². The zero-order valence-corrected chi connectivity index (χ0v) is 25.0. The Morgan fingerprint density at radius 3 is 2.23 bits per heavy atom. The predicted molar refractivity (Wildman–Crippen MR) is 171 cm³/mol. The van der Waals surface area contributed by atoms with Gasteiger partial charge >= 0.3 is 0 Å². The number of likely N-dealkylation sites (tertiary alicyclic amines) is 1. The minimum atomic E-state index is -0.905. The van der Waals surface area contributed by atoms with E-state index < -0.39 is 27.4 Å². The number of carbonyl (C=O) groups is 3. The lowest BCUT2D eigenvalue weighted by Gasteiger charge is -2.37. The fourth-order valence-corrected chi connectivity index (χ4v) is 9.73. The molecule has 0 saturated carbocycles. The smallest absolute Gasteiger partial charge is 0.251 e. The van der Waals surface area contributed by atoms with Crippen molar-refractivity contribution in [1.29, 1.82) is 0 Å². The molecule has 5 atom stereocenters. The van der Waals surface area contributed by atoms with Crippen LogP contribution >= 0.6 is 11.8 Å². The highest BCUT2D eigenvalue weighted by Gasteiger charge is 2.73. The molecule has 3 aromatic rings. The molecular weight excluding hydrogens is 558 g/mol. The first-order valence-corrected chi connectivity index (χ1v) is 15.8. The molecule has 43 heavy (non-hydrogen) atoms. The third-order valence-corrected chi connectivity index (χ3v) is 11.3. The van der Waals surface area contributed by atoms with Crippen LogP contribution in [-0.4, -0.2) is 69.5 Å². The Morgan fingerprint density at radius 1 is 0.767 bits per heavy atom. The third-order valence-electron chi connectivity index (χ3n) is 9.48. The van der Waals surface area contributed by atoms with Crippen molar-refractivity contribution in [3.63, 3.8) is 0 Å². The fourth-order valence-electron chi connectivity index (χ4n) is 7.57. The lowest BCUT2D eigenvalue weighted by atomic mass is 9.74. The number of rotatable bonds is 6. The zero-order chi connectivity index (χ0) is 29.8. The molecule has 0 radical (unpaired) electrons. The van der Waals surface area contributed by atoms with Crippen molar-refractivity contribution in [1.82, 2.24) is 4.90 Å². The number of unbranched alkanes of at least 4 members (excludes halogenated alkanes) is 1. The van der Waals surface area contributed by atoms with Gasteiger partial charge in [-0.1, -0.05) is 72.8 Å². The standard InChI is InChI=1S/C35H35N3O4S/c1-34-17-9-20-36(26-13-3-2-4-14-26)31(40)28(34)29-32(41)38(19-7-8-22-39)30-33(42)37(21-10-18-35(29,30)43-34)27-16-15-24-11-5-6-12-25(24)23-27/h2-6,9-18,23,28-30,39H,7-8,19-22H2,1H3/t28-,29+,30?,34+,35+/m1/s1. The van der Waals surface area contributed by atoms with E-state index in [9.17, 15) is 19.5 Å². The number of hydrogen-bond donors (Lipinski definition) is 1. The highest BCUT2D eigenvalue weighted by atomic mass is 32.2. The van der Waals surface area contributed by atoms with Gasteiger partial charge in [-0.05, 0) is 54.8 Å². The van der Waals surface area contributed by atoms with E-state index in [1.165, 1.54) is 0 Å². The number of amides is 3. The van der Waals surface area contributed by atoms with Crippen LogP contribution in [0.3, 0.4) is 0 Å². The molecule has 4 aliphatic rings. The van der Waals surface area contributed by atoms with Gasteiger partial charge in [0.2, 0.25) is 11.8 Å². The summed E-state index contributed by atoms with van der Waals surface area (Å²) in [5.41, 5.74) is 1.58. The molecular formula is C35H35N3O4S. The molecule has 0 bridgehead atoms. The largest absolute Gasteiger partial charge is 0.396 e. The van der Waals surface area contributed by atoms with E-state index in [-0.39, 0.29) is 24.3 Å². The van der Waals surface area contributed by atoms with Gasteiger partial charge in [0, 0.05) is 42.4 Å². The molecule has 3 amide bonds. The van der Waals surface area contributed by atoms with Gasteiger partial charge in [0.05, 0.1) is 16.6 Å². The quantitative estimate of drug-likeness (QED) is 0.328. The molecule has 0 aromatic heterocycles. The van der Waals surface area contributed by atoms with E-state index in [1.807, 2.05) is 91.9 Å². The number of carbonyl (C=O) groups excluding carboxylic acids is 3. The van der Waals surface area contributed by atoms with Gasteiger partial charge in [0.15, 0.2) is 0 Å². The molecule has 2 saturated heterocycles. The lowest BCUT2D eigenvalue weighted by Crippen LogP contribution is -2.53. The molecule has 3 aromatic carbocycles. The maximum absolute atomic E-state index is 14.8. The van der Waals surface area contributed by atoms with E-state index in [1.54, 1.807) is 26.5 Å². The molecule has 220 valence electrons. The van der Waals surface area contributed by atoms with Gasteiger partial charge in [-0.3, -0.25) is 14.4 Å². The Balaban J connectivity index is 1.33. The molecule has 4 aliphatic heterocycles. The molecule has 4 heterocycles. The molecule has 7 rings (SSSR count). The summed E-state index contributed by atoms with van der Waals surface area (Å²) in [5, 5.41) is 11.6. The van der Waals surface area contributed by atoms with Gasteiger partial charge in [-0.15, -0.1) is 11.8 Å². The van der Waals surface area contributed by atoms with Gasteiger partial charge in [0.1, 0.15) is 6.04 Å². The average molecular weight is 594 g/mol. The first kappa shape index (κ1) is 27.9. The number of benzene rings is 3. The topological polar surface area (TPSA) is 81.2 Å². The van der Waals surface area contributed by atoms with Gasteiger partial charge in [0.25, 0.3) is 5.91 Å². The van der Waals surface area contributed by atoms with Crippen LogP contribution in [0.2, 0.25) is 0 Å². The van der Waals surface area contributed by atoms with E-state index in [0.29, 0.717) is 32.5 Å². The van der Waals surface area contributed by atoms with Crippen LogP contribution in [0.15, 0.2) is 97.1 Å². The van der Waals surface area contributed by atoms with Crippen LogP contribution in [-0.2, 0) is 14.4 Å². The first-order valence-electron chi connectivity index (χ1n) is 15.0. The minimum Gasteiger partial charge on any atom is -0.396 e. The number of nitrogens with zero attached hydrogens (tertiary/aromatic N) is 3. The summed E-state index contributed by atoms with van der Waals surface area (Å²) in [7, 11) is 0. The highest BCUT2D eigenvalue weighted by molar-refractivity contribution is 8.02. The number of fused-ring (bicyclic) bond motifs is 3. The van der Waals surface area contributed by atoms with Gasteiger partial charge in [-0.2, -0.15) is 0 Å². The Labute approximate surface area is 255 Å². The third kappa shape index (κ3) is 4.33. The van der Waals surface area contributed by atoms with Crippen molar-refractivity contribution in [3.8, 4) is 0 Å². The minimum absolute atomic E-state index is 0.0170. The van der Waals surface area contributed by atoms with E-state index in [2.05, 4.69) is 12.2 Å². The number of thioether (sulfide) groups is 1. The first-order chi connectivity index (χ1) is 20.9. The summed E-state index contributed by atoms with van der Waals surface area (Å²) < 4.78 is -1.57. The van der Waals surface area contributed by atoms with E-state index in [4.69, 9.17) is 0 Å². The number of anilines is 2. The summed E-state index contributed by atoms with van der Waals surface area (Å²) in [6, 6.07) is 22.9. The van der Waals surface area contributed by atoms with Crippen molar-refractivity contribution in [2.75, 3.05) is 36.0 Å². The SMILES string of the molecule is C[C@]12C=CCN(c3ccccc3)C(=O)[C@H]1[C@H]1C(=O)N(CCCCO)C3C(=O)N(c4ccc5ccccc5c4)CC=C[C@@]31S2. The summed E-state index contributed by atoms with van der Waals surface area (Å²) in [5.74, 6) is -1.71. The molecule has 0 aliphatic carbocycles. The normalized spacial score (nSPS) is 30.0. The predicted octanol–water partition coefficient (Wildman–Crippen LogP) is 4.81. The summed E-state index contributed by atoms with van der Waals surface area (Å²) in [6.07, 6.45) is 9.28. The van der Waals surface area contributed by atoms with Crippen LogP contribution < -0.4 is 9.80 Å². The summed E-state index contributed by atoms with van der Waals surface area (Å²) in [6.45, 7) is 3.22. The molecule has 2 fully saturated rings. The molecule has 1 N–H and O–H groups in total. The summed E-state index contributed by atoms with van der Waals surface area (Å²) >= 11 is 1.60. The van der Waals surface area contributed by atoms with Gasteiger partial charge < -0.3 is 19.8 Å². The van der Waals surface area contributed by atoms with Crippen LogP contribution in [0.1, 0.15) is 19.8 Å². The molecule has 8 heteroatoms. The maximum Gasteiger partial charge on any atom is 0.251 e. The van der Waals surface area contributed by atoms with Crippen LogP contribution in [0.5, 0.6) is 0 Å². The van der Waals surface area contributed by atoms with Crippen molar-refractivity contribution in [2.24, 2.45) is 11.8 Å². The maximum atomic E-state index is 14.8. The number of aliphatic hydroxyl groups excluding tert-OH is 1. The Bertz CT molecular complexity index is 1660. The second-order valence-electron chi connectivity index (χ2n) is 12.0. The summed E-state index contributed by atoms with van der Waals surface area (Å²) in [4.78, 5) is 49.1. The second-order valence-corrected chi connectivity index (χ2v) is 13.8. The Hall–Kier alpha value is -3.88. The average Bonchev–Trinajstić information content (AvgIpc) is 3.28. The van der Waals surface area contributed by atoms with E-state index >= 15 is 0 Å². The van der Waals surface area contributed by atoms with Gasteiger partial charge in [-0.25, -0.2) is 0 Å².